The van der Waals surface area contributed by atoms with Gasteiger partial charge in [-0.05, 0) is 29.3 Å². The maximum absolute atomic E-state index is 12.5. The van der Waals surface area contributed by atoms with Gasteiger partial charge in [0, 0.05) is 64.6 Å². The monoisotopic (exact) mass is 550 g/mol. The first-order valence-electron chi connectivity index (χ1n) is 11.7. The molecule has 0 aromatic heterocycles. The molecule has 1 aliphatic heterocycles. The molecule has 3 aromatic carbocycles. The van der Waals surface area contributed by atoms with E-state index in [2.05, 4.69) is 75.8 Å². The molecule has 1 aliphatic rings. The Bertz CT molecular complexity index is 990. The van der Waals surface area contributed by atoms with Crippen LogP contribution in [0.4, 0.5) is 11.4 Å². The second-order valence-corrected chi connectivity index (χ2v) is 8.84. The van der Waals surface area contributed by atoms with E-state index in [0.29, 0.717) is 6.42 Å². The average molecular weight is 552 g/mol. The van der Waals surface area contributed by atoms with Gasteiger partial charge in [0.25, 0.3) is 0 Å². The number of anilines is 2. The number of hydrogen-bond donors (Lipinski definition) is 1. The van der Waals surface area contributed by atoms with Gasteiger partial charge in [-0.3, -0.25) is 9.69 Å². The summed E-state index contributed by atoms with van der Waals surface area (Å²) in [7, 11) is 4.00. The van der Waals surface area contributed by atoms with Gasteiger partial charge in [-0.1, -0.05) is 66.7 Å². The van der Waals surface area contributed by atoms with Crippen molar-refractivity contribution in [2.24, 2.45) is 0 Å². The van der Waals surface area contributed by atoms with Gasteiger partial charge in [-0.2, -0.15) is 0 Å². The molecule has 0 bridgehead atoms. The number of carbonyl (C=O) groups is 1. The Kier molecular flexibility index (Phi) is 13.9. The molecule has 8 heteroatoms. The van der Waals surface area contributed by atoms with Crippen LogP contribution in [0, 0.1) is 0 Å². The van der Waals surface area contributed by atoms with Crippen molar-refractivity contribution in [3.05, 3.63) is 96.1 Å². The zero-order valence-electron chi connectivity index (χ0n) is 20.9. The lowest BCUT2D eigenvalue weighted by Crippen LogP contribution is -2.48. The molecule has 0 radical (unpaired) electrons. The number of nitrogens with one attached hydrogen (secondary N) is 1. The van der Waals surface area contributed by atoms with Crippen LogP contribution in [0.2, 0.25) is 0 Å². The first-order valence-corrected chi connectivity index (χ1v) is 11.7. The van der Waals surface area contributed by atoms with Crippen molar-refractivity contribution in [2.75, 3.05) is 57.0 Å². The van der Waals surface area contributed by atoms with E-state index in [-0.39, 0.29) is 49.2 Å². The third kappa shape index (κ3) is 8.68. The maximum atomic E-state index is 12.5. The Morgan fingerprint density at radius 3 is 1.89 bits per heavy atom. The van der Waals surface area contributed by atoms with Crippen molar-refractivity contribution in [3.63, 3.8) is 0 Å². The molecule has 4 rings (SSSR count). The lowest BCUT2D eigenvalue weighted by Gasteiger charge is -2.39. The minimum absolute atomic E-state index is 0. The van der Waals surface area contributed by atoms with Gasteiger partial charge in [0.2, 0.25) is 5.91 Å². The molecular weight excluding hydrogens is 515 g/mol. The summed E-state index contributed by atoms with van der Waals surface area (Å²) in [5, 5.41) is 3.04. The first kappa shape index (κ1) is 31.7. The molecule has 1 amide bonds. The predicted octanol–water partition coefficient (Wildman–Crippen LogP) is 5.75. The average Bonchev–Trinajstić information content (AvgIpc) is 2.85. The zero-order valence-corrected chi connectivity index (χ0v) is 23.3. The largest absolute Gasteiger partial charge is 0.378 e. The van der Waals surface area contributed by atoms with Gasteiger partial charge < -0.3 is 15.1 Å². The highest BCUT2D eigenvalue weighted by Crippen LogP contribution is 2.29. The fourth-order valence-corrected chi connectivity index (χ4v) is 4.47. The SMILES string of the molecule is CN(C)c1cccc(NC(=O)CCN2CCN(C(c3ccccc3)c3ccccc3)CC2)c1.Cl.Cl.Cl. The van der Waals surface area contributed by atoms with Crippen LogP contribution in [0.5, 0.6) is 0 Å². The Morgan fingerprint density at radius 1 is 0.806 bits per heavy atom. The number of amides is 1. The van der Waals surface area contributed by atoms with E-state index in [9.17, 15) is 4.79 Å². The Hall–Kier alpha value is -2.28. The zero-order chi connectivity index (χ0) is 23.0. The Balaban J connectivity index is 0.00000216. The topological polar surface area (TPSA) is 38.8 Å². The molecule has 0 atom stereocenters. The summed E-state index contributed by atoms with van der Waals surface area (Å²) in [4.78, 5) is 19.5. The van der Waals surface area contributed by atoms with Crippen LogP contribution in [-0.2, 0) is 4.79 Å². The van der Waals surface area contributed by atoms with E-state index in [0.717, 1.165) is 44.1 Å². The number of nitrogens with zero attached hydrogens (tertiary/aromatic N) is 3. The summed E-state index contributed by atoms with van der Waals surface area (Å²) in [5.41, 5.74) is 4.59. The standard InChI is InChI=1S/C28H34N4O.3ClH/c1-30(2)26-15-9-14-25(22-26)29-27(33)16-17-31-18-20-32(21-19-31)28(23-10-5-3-6-11-23)24-12-7-4-8-13-24;;;/h3-15,22,28H,16-21H2,1-2H3,(H,29,33);3*1H. The normalized spacial score (nSPS) is 13.6. The maximum Gasteiger partial charge on any atom is 0.225 e. The van der Waals surface area contributed by atoms with Gasteiger partial charge >= 0.3 is 0 Å². The van der Waals surface area contributed by atoms with Crippen molar-refractivity contribution in [2.45, 2.75) is 12.5 Å². The number of halogens is 3. The van der Waals surface area contributed by atoms with E-state index in [1.54, 1.807) is 0 Å². The van der Waals surface area contributed by atoms with Gasteiger partial charge in [0.05, 0.1) is 6.04 Å². The fourth-order valence-electron chi connectivity index (χ4n) is 4.47. The van der Waals surface area contributed by atoms with Gasteiger partial charge in [-0.15, -0.1) is 37.2 Å². The van der Waals surface area contributed by atoms with Crippen LogP contribution in [0.3, 0.4) is 0 Å². The van der Waals surface area contributed by atoms with Gasteiger partial charge in [0.1, 0.15) is 0 Å². The molecular formula is C28H37Cl3N4O. The van der Waals surface area contributed by atoms with Gasteiger partial charge in [0.15, 0.2) is 0 Å². The number of benzene rings is 3. The van der Waals surface area contributed by atoms with Gasteiger partial charge in [-0.25, -0.2) is 0 Å². The summed E-state index contributed by atoms with van der Waals surface area (Å²) < 4.78 is 0. The summed E-state index contributed by atoms with van der Waals surface area (Å²) in [6.07, 6.45) is 0.507. The minimum atomic E-state index is 0. The molecule has 5 nitrogen and oxygen atoms in total. The molecule has 1 N–H and O–H groups in total. The van der Waals surface area contributed by atoms with E-state index in [1.807, 2.05) is 43.3 Å². The minimum Gasteiger partial charge on any atom is -0.378 e. The van der Waals surface area contributed by atoms with Crippen molar-refractivity contribution in [1.29, 1.82) is 0 Å². The van der Waals surface area contributed by atoms with E-state index >= 15 is 0 Å². The number of piperazine rings is 1. The van der Waals surface area contributed by atoms with Crippen LogP contribution < -0.4 is 10.2 Å². The highest BCUT2D eigenvalue weighted by Gasteiger charge is 2.26. The molecule has 1 fully saturated rings. The smallest absolute Gasteiger partial charge is 0.225 e. The molecule has 0 spiro atoms. The number of carbonyl (C=O) groups excluding carboxylic acids is 1. The molecule has 36 heavy (non-hydrogen) atoms. The third-order valence-corrected chi connectivity index (χ3v) is 6.30. The lowest BCUT2D eigenvalue weighted by atomic mass is 9.96. The number of rotatable bonds is 8. The van der Waals surface area contributed by atoms with Crippen molar-refractivity contribution < 1.29 is 4.79 Å². The van der Waals surface area contributed by atoms with Crippen molar-refractivity contribution >= 4 is 54.5 Å². The second-order valence-electron chi connectivity index (χ2n) is 8.84. The van der Waals surface area contributed by atoms with Crippen molar-refractivity contribution in [3.8, 4) is 0 Å². The molecule has 0 saturated carbocycles. The summed E-state index contributed by atoms with van der Waals surface area (Å²) in [6, 6.07) is 29.7. The van der Waals surface area contributed by atoms with E-state index < -0.39 is 0 Å². The fraction of sp³-hybridized carbons (Fsp3) is 0.321. The third-order valence-electron chi connectivity index (χ3n) is 6.30. The summed E-state index contributed by atoms with van der Waals surface area (Å²) in [5.74, 6) is 0.0692. The molecule has 1 heterocycles. The predicted molar refractivity (Wildman–Crippen MR) is 158 cm³/mol. The quantitative estimate of drug-likeness (QED) is 0.387. The van der Waals surface area contributed by atoms with E-state index in [4.69, 9.17) is 0 Å². The number of hydrogen-bond acceptors (Lipinski definition) is 4. The van der Waals surface area contributed by atoms with Crippen LogP contribution in [0.1, 0.15) is 23.6 Å². The lowest BCUT2D eigenvalue weighted by molar-refractivity contribution is -0.116. The molecule has 0 unspecified atom stereocenters. The molecule has 196 valence electrons. The molecule has 0 aliphatic carbocycles. The van der Waals surface area contributed by atoms with Crippen LogP contribution in [-0.4, -0.2) is 62.5 Å². The van der Waals surface area contributed by atoms with E-state index in [1.165, 1.54) is 11.1 Å². The highest BCUT2D eigenvalue weighted by atomic mass is 35.5. The highest BCUT2D eigenvalue weighted by molar-refractivity contribution is 5.91. The van der Waals surface area contributed by atoms with Crippen molar-refractivity contribution in [1.82, 2.24) is 9.80 Å². The Morgan fingerprint density at radius 2 is 1.36 bits per heavy atom. The van der Waals surface area contributed by atoms with Crippen LogP contribution in [0.25, 0.3) is 0 Å². The first-order chi connectivity index (χ1) is 16.1. The Labute approximate surface area is 234 Å². The summed E-state index contributed by atoms with van der Waals surface area (Å²) in [6.45, 7) is 4.70. The second kappa shape index (κ2) is 15.7. The molecule has 3 aromatic rings. The summed E-state index contributed by atoms with van der Waals surface area (Å²) >= 11 is 0. The van der Waals surface area contributed by atoms with Crippen LogP contribution in [0.15, 0.2) is 84.9 Å². The molecule has 1 saturated heterocycles. The van der Waals surface area contributed by atoms with Crippen LogP contribution >= 0.6 is 37.2 Å².